The van der Waals surface area contributed by atoms with E-state index in [2.05, 4.69) is 17.2 Å². The summed E-state index contributed by atoms with van der Waals surface area (Å²) in [5.74, 6) is 0.0350. The molecule has 0 spiro atoms. The molecular weight excluding hydrogens is 321 g/mol. The molecule has 1 aromatic carbocycles. The summed E-state index contributed by atoms with van der Waals surface area (Å²) < 4.78 is 0. The van der Waals surface area contributed by atoms with Crippen LogP contribution in [-0.4, -0.2) is 41.5 Å². The molecule has 1 N–H and O–H groups in total. The molecule has 120 valence electrons. The highest BCUT2D eigenvalue weighted by molar-refractivity contribution is 5.96. The van der Waals surface area contributed by atoms with Crippen molar-refractivity contribution in [3.8, 4) is 0 Å². The molecule has 2 aromatic rings. The third-order valence-corrected chi connectivity index (χ3v) is 3.90. The number of rotatable bonds is 1. The zero-order valence-corrected chi connectivity index (χ0v) is 14.3. The molecule has 1 atom stereocenters. The summed E-state index contributed by atoms with van der Waals surface area (Å²) in [5.41, 5.74) is 2.54. The van der Waals surface area contributed by atoms with Gasteiger partial charge in [-0.15, -0.1) is 24.8 Å². The number of hydrogen-bond donors (Lipinski definition) is 1. The number of aryl methyl sites for hydroxylation is 1. The minimum atomic E-state index is 0. The van der Waals surface area contributed by atoms with Gasteiger partial charge in [-0.2, -0.15) is 0 Å². The molecule has 6 heteroatoms. The van der Waals surface area contributed by atoms with Crippen LogP contribution in [-0.2, 0) is 0 Å². The second-order valence-electron chi connectivity index (χ2n) is 5.39. The van der Waals surface area contributed by atoms with Crippen molar-refractivity contribution in [2.24, 2.45) is 0 Å². The van der Waals surface area contributed by atoms with E-state index in [9.17, 15) is 4.79 Å². The quantitative estimate of drug-likeness (QED) is 0.867. The number of benzene rings is 1. The van der Waals surface area contributed by atoms with Gasteiger partial charge in [0, 0.05) is 31.1 Å². The van der Waals surface area contributed by atoms with Crippen LogP contribution >= 0.6 is 24.8 Å². The average molecular weight is 342 g/mol. The van der Waals surface area contributed by atoms with E-state index in [0.29, 0.717) is 5.69 Å². The van der Waals surface area contributed by atoms with E-state index in [-0.39, 0.29) is 36.8 Å². The first-order valence-electron chi connectivity index (χ1n) is 7.05. The average Bonchev–Trinajstić information content (AvgIpc) is 2.47. The number of para-hydroxylation sites is 1. The van der Waals surface area contributed by atoms with Gasteiger partial charge in [0.2, 0.25) is 0 Å². The molecule has 22 heavy (non-hydrogen) atoms. The van der Waals surface area contributed by atoms with Gasteiger partial charge in [0.1, 0.15) is 5.69 Å². The molecule has 2 heterocycles. The molecule has 0 unspecified atom stereocenters. The number of pyridine rings is 1. The molecule has 0 bridgehead atoms. The number of carbonyl (C=O) groups excluding carboxylic acids is 1. The van der Waals surface area contributed by atoms with E-state index >= 15 is 0 Å². The van der Waals surface area contributed by atoms with Crippen molar-refractivity contribution < 1.29 is 4.79 Å². The predicted molar refractivity (Wildman–Crippen MR) is 94.3 cm³/mol. The smallest absolute Gasteiger partial charge is 0.272 e. The lowest BCUT2D eigenvalue weighted by Gasteiger charge is -2.33. The Bertz CT molecular complexity index is 663. The van der Waals surface area contributed by atoms with Crippen LogP contribution in [0.1, 0.15) is 23.0 Å². The molecule has 1 amide bonds. The van der Waals surface area contributed by atoms with E-state index in [0.717, 1.165) is 36.1 Å². The monoisotopic (exact) mass is 341 g/mol. The Morgan fingerprint density at radius 2 is 2.05 bits per heavy atom. The lowest BCUT2D eigenvalue weighted by Crippen LogP contribution is -2.52. The first-order chi connectivity index (χ1) is 9.66. The minimum Gasteiger partial charge on any atom is -0.332 e. The number of nitrogens with zero attached hydrogens (tertiary/aromatic N) is 2. The number of aromatic nitrogens is 1. The standard InChI is InChI=1S/C16H19N3O.2ClH/c1-11-9-15(18-14-6-4-3-5-13(11)14)16(20)19-8-7-17-10-12(19)2;;/h3-6,9,12,17H,7-8,10H2,1-2H3;2*1H/t12-;;/m0../s1. The van der Waals surface area contributed by atoms with Crippen LogP contribution in [0.2, 0.25) is 0 Å². The maximum Gasteiger partial charge on any atom is 0.272 e. The van der Waals surface area contributed by atoms with Gasteiger partial charge in [-0.25, -0.2) is 4.98 Å². The molecule has 1 fully saturated rings. The Kier molecular flexibility index (Phi) is 6.60. The van der Waals surface area contributed by atoms with Crippen molar-refractivity contribution >= 4 is 41.6 Å². The van der Waals surface area contributed by atoms with E-state index in [1.54, 1.807) is 0 Å². The number of fused-ring (bicyclic) bond motifs is 1. The van der Waals surface area contributed by atoms with Crippen LogP contribution in [0.3, 0.4) is 0 Å². The number of halogens is 2. The normalized spacial score (nSPS) is 17.5. The fourth-order valence-electron chi connectivity index (χ4n) is 2.75. The Balaban J connectivity index is 0.00000121. The molecular formula is C16H21Cl2N3O. The Morgan fingerprint density at radius 3 is 2.77 bits per heavy atom. The van der Waals surface area contributed by atoms with Crippen LogP contribution in [0, 0.1) is 6.92 Å². The SMILES string of the molecule is Cc1cc(C(=O)N2CCNC[C@@H]2C)nc2ccccc12.Cl.Cl. The maximum absolute atomic E-state index is 12.6. The first-order valence-corrected chi connectivity index (χ1v) is 7.05. The first kappa shape index (κ1) is 18.7. The van der Waals surface area contributed by atoms with E-state index in [1.165, 1.54) is 0 Å². The van der Waals surface area contributed by atoms with Gasteiger partial charge < -0.3 is 10.2 Å². The third-order valence-electron chi connectivity index (χ3n) is 3.90. The summed E-state index contributed by atoms with van der Waals surface area (Å²) in [7, 11) is 0. The van der Waals surface area contributed by atoms with Gasteiger partial charge in [-0.3, -0.25) is 4.79 Å². The van der Waals surface area contributed by atoms with E-state index < -0.39 is 0 Å². The summed E-state index contributed by atoms with van der Waals surface area (Å²) in [6.07, 6.45) is 0. The molecule has 0 aliphatic carbocycles. The molecule has 0 radical (unpaired) electrons. The Hall–Kier alpha value is -1.36. The third kappa shape index (κ3) is 3.51. The van der Waals surface area contributed by atoms with Gasteiger partial charge in [0.15, 0.2) is 0 Å². The lowest BCUT2D eigenvalue weighted by atomic mass is 10.1. The van der Waals surface area contributed by atoms with Crippen LogP contribution < -0.4 is 5.32 Å². The highest BCUT2D eigenvalue weighted by atomic mass is 35.5. The van der Waals surface area contributed by atoms with Crippen molar-refractivity contribution in [1.82, 2.24) is 15.2 Å². The van der Waals surface area contributed by atoms with E-state index in [1.807, 2.05) is 42.2 Å². The van der Waals surface area contributed by atoms with Gasteiger partial charge in [0.05, 0.1) is 5.52 Å². The van der Waals surface area contributed by atoms with Crippen LogP contribution in [0.25, 0.3) is 10.9 Å². The molecule has 1 aliphatic rings. The lowest BCUT2D eigenvalue weighted by molar-refractivity contribution is 0.0650. The zero-order chi connectivity index (χ0) is 14.1. The number of nitrogens with one attached hydrogen (secondary N) is 1. The van der Waals surface area contributed by atoms with Crippen molar-refractivity contribution in [3.63, 3.8) is 0 Å². The summed E-state index contributed by atoms with van der Waals surface area (Å²) in [6.45, 7) is 6.54. The minimum absolute atomic E-state index is 0. The van der Waals surface area contributed by atoms with Gasteiger partial charge >= 0.3 is 0 Å². The Labute approximate surface area is 143 Å². The highest BCUT2D eigenvalue weighted by Gasteiger charge is 2.25. The molecule has 1 aliphatic heterocycles. The second-order valence-corrected chi connectivity index (χ2v) is 5.39. The highest BCUT2D eigenvalue weighted by Crippen LogP contribution is 2.19. The van der Waals surface area contributed by atoms with Crippen molar-refractivity contribution in [2.45, 2.75) is 19.9 Å². The fourth-order valence-corrected chi connectivity index (χ4v) is 2.75. The number of carbonyl (C=O) groups is 1. The summed E-state index contributed by atoms with van der Waals surface area (Å²) in [5, 5.41) is 4.41. The van der Waals surface area contributed by atoms with Crippen molar-refractivity contribution in [2.75, 3.05) is 19.6 Å². The Morgan fingerprint density at radius 1 is 1.32 bits per heavy atom. The summed E-state index contributed by atoms with van der Waals surface area (Å²) in [6, 6.07) is 10.1. The van der Waals surface area contributed by atoms with Gasteiger partial charge in [-0.1, -0.05) is 18.2 Å². The van der Waals surface area contributed by atoms with E-state index in [4.69, 9.17) is 0 Å². The van der Waals surface area contributed by atoms with Crippen LogP contribution in [0.5, 0.6) is 0 Å². The topological polar surface area (TPSA) is 45.2 Å². The molecule has 4 nitrogen and oxygen atoms in total. The molecule has 1 aromatic heterocycles. The van der Waals surface area contributed by atoms with Crippen molar-refractivity contribution in [1.29, 1.82) is 0 Å². The van der Waals surface area contributed by atoms with Gasteiger partial charge in [0.25, 0.3) is 5.91 Å². The summed E-state index contributed by atoms with van der Waals surface area (Å²) in [4.78, 5) is 19.1. The predicted octanol–water partition coefficient (Wildman–Crippen LogP) is 2.82. The number of piperazine rings is 1. The van der Waals surface area contributed by atoms with Crippen molar-refractivity contribution in [3.05, 3.63) is 41.6 Å². The zero-order valence-electron chi connectivity index (χ0n) is 12.7. The largest absolute Gasteiger partial charge is 0.332 e. The number of hydrogen-bond acceptors (Lipinski definition) is 3. The van der Waals surface area contributed by atoms with Crippen LogP contribution in [0.4, 0.5) is 0 Å². The fraction of sp³-hybridized carbons (Fsp3) is 0.375. The molecule has 0 saturated carbocycles. The second kappa shape index (κ2) is 7.77. The molecule has 1 saturated heterocycles. The van der Waals surface area contributed by atoms with Gasteiger partial charge in [-0.05, 0) is 31.5 Å². The number of amides is 1. The summed E-state index contributed by atoms with van der Waals surface area (Å²) >= 11 is 0. The maximum atomic E-state index is 12.6. The molecule has 3 rings (SSSR count). The van der Waals surface area contributed by atoms with Crippen LogP contribution in [0.15, 0.2) is 30.3 Å².